The van der Waals surface area contributed by atoms with Crippen LogP contribution < -0.4 is 19.4 Å². The summed E-state index contributed by atoms with van der Waals surface area (Å²) in [6, 6.07) is 22.4. The third-order valence-electron chi connectivity index (χ3n) is 8.68. The van der Waals surface area contributed by atoms with Crippen LogP contribution >= 0.6 is 0 Å². The fourth-order valence-corrected chi connectivity index (χ4v) is 6.27. The summed E-state index contributed by atoms with van der Waals surface area (Å²) in [5, 5.41) is 22.4. The van der Waals surface area contributed by atoms with Gasteiger partial charge >= 0.3 is 0 Å². The molecule has 0 fully saturated rings. The number of benzene rings is 5. The normalized spacial score (nSPS) is 14.6. The first-order chi connectivity index (χ1) is 24.9. The minimum Gasteiger partial charge on any atom is -0.457 e. The number of non-ortho nitro benzene ring substituents is 2. The maximum absolute atomic E-state index is 13.6. The summed E-state index contributed by atoms with van der Waals surface area (Å²) < 4.78 is 5.95. The van der Waals surface area contributed by atoms with Crippen LogP contribution in [0.2, 0.25) is 0 Å². The van der Waals surface area contributed by atoms with Crippen molar-refractivity contribution < 1.29 is 43.4 Å². The molecule has 0 unspecified atom stereocenters. The Balaban J connectivity index is 1.03. The summed E-state index contributed by atoms with van der Waals surface area (Å²) in [6.45, 7) is 0. The standard InChI is InChI=1S/C36H17N5O11/c42-31-25-10-7-21(40(48)49)15-28(25)34(45)37(31)18-3-1-4-19(13-18)38-33(44)27-12-9-24(17-30(27)36(38)47)52-23-6-2-5-20(14-23)39-32(43)26-11-8-22(41(50)51)16-29(26)35(39)46/h1-17H. The molecule has 3 aliphatic heterocycles. The molecule has 0 N–H and O–H groups in total. The number of hydrogen-bond donors (Lipinski definition) is 0. The van der Waals surface area contributed by atoms with Gasteiger partial charge in [0.15, 0.2) is 0 Å². The van der Waals surface area contributed by atoms with Crippen LogP contribution in [-0.2, 0) is 0 Å². The number of nitro groups is 2. The minimum atomic E-state index is -0.805. The summed E-state index contributed by atoms with van der Waals surface area (Å²) in [6.07, 6.45) is 0. The van der Waals surface area contributed by atoms with E-state index in [2.05, 4.69) is 0 Å². The van der Waals surface area contributed by atoms with Gasteiger partial charge in [-0.25, -0.2) is 14.7 Å². The van der Waals surface area contributed by atoms with E-state index >= 15 is 0 Å². The molecule has 3 heterocycles. The van der Waals surface area contributed by atoms with Crippen molar-refractivity contribution in [2.75, 3.05) is 14.7 Å². The lowest BCUT2D eigenvalue weighted by Gasteiger charge is -2.18. The molecule has 0 atom stereocenters. The van der Waals surface area contributed by atoms with Gasteiger partial charge in [0.25, 0.3) is 46.8 Å². The number of amides is 6. The Hall–Kier alpha value is -7.88. The van der Waals surface area contributed by atoms with E-state index in [4.69, 9.17) is 4.74 Å². The van der Waals surface area contributed by atoms with E-state index in [1.807, 2.05) is 0 Å². The number of carbonyl (C=O) groups is 6. The third kappa shape index (κ3) is 4.70. The number of imide groups is 3. The smallest absolute Gasteiger partial charge is 0.270 e. The molecule has 5 aromatic carbocycles. The molecule has 6 amide bonds. The molecular weight excluding hydrogens is 678 g/mol. The topological polar surface area (TPSA) is 208 Å². The Bertz CT molecular complexity index is 2560. The summed E-state index contributed by atoms with van der Waals surface area (Å²) in [7, 11) is 0. The Morgan fingerprint density at radius 3 is 1.23 bits per heavy atom. The average molecular weight is 696 g/mol. The van der Waals surface area contributed by atoms with Crippen LogP contribution in [0.5, 0.6) is 11.5 Å². The first-order valence-corrected chi connectivity index (χ1v) is 15.2. The molecule has 3 aliphatic rings. The molecule has 8 rings (SSSR count). The van der Waals surface area contributed by atoms with Gasteiger partial charge in [-0.3, -0.25) is 49.0 Å². The van der Waals surface area contributed by atoms with Crippen molar-refractivity contribution in [1.82, 2.24) is 0 Å². The number of carbonyl (C=O) groups excluding carboxylic acids is 6. The second kappa shape index (κ2) is 11.3. The summed E-state index contributed by atoms with van der Waals surface area (Å²) in [5.74, 6) is -4.08. The lowest BCUT2D eigenvalue weighted by atomic mass is 10.1. The van der Waals surface area contributed by atoms with Crippen LogP contribution in [0.4, 0.5) is 28.4 Å². The molecule has 0 saturated carbocycles. The first kappa shape index (κ1) is 31.4. The van der Waals surface area contributed by atoms with Gasteiger partial charge in [-0.15, -0.1) is 0 Å². The molecule has 52 heavy (non-hydrogen) atoms. The summed E-state index contributed by atoms with van der Waals surface area (Å²) in [4.78, 5) is 103. The zero-order valence-corrected chi connectivity index (χ0v) is 26.0. The molecule has 0 aliphatic carbocycles. The highest BCUT2D eigenvalue weighted by atomic mass is 16.6. The van der Waals surface area contributed by atoms with E-state index in [0.717, 1.165) is 39.0 Å². The SMILES string of the molecule is O=C1c2ccc(Oc3cccc(N4C(=O)c5ccc([N+](=O)[O-])cc5C4=O)c3)cc2C(=O)N1c1cccc(N2C(=O)c3ccc([N+](=O)[O-])cc3C2=O)c1. The number of ether oxygens (including phenoxy) is 1. The van der Waals surface area contributed by atoms with Crippen LogP contribution in [0.15, 0.2) is 103 Å². The Labute approximate surface area is 290 Å². The van der Waals surface area contributed by atoms with Gasteiger partial charge < -0.3 is 4.74 Å². The highest BCUT2D eigenvalue weighted by Gasteiger charge is 2.41. The van der Waals surface area contributed by atoms with E-state index in [-0.39, 0.29) is 73.3 Å². The second-order valence-electron chi connectivity index (χ2n) is 11.6. The molecule has 0 spiro atoms. The molecular formula is C36H17N5O11. The van der Waals surface area contributed by atoms with Gasteiger partial charge in [0.05, 0.1) is 60.3 Å². The van der Waals surface area contributed by atoms with Gasteiger partial charge in [0.1, 0.15) is 11.5 Å². The second-order valence-corrected chi connectivity index (χ2v) is 11.6. The number of anilines is 3. The van der Waals surface area contributed by atoms with E-state index in [1.165, 1.54) is 78.9 Å². The van der Waals surface area contributed by atoms with Crippen molar-refractivity contribution in [2.45, 2.75) is 0 Å². The number of nitrogens with zero attached hydrogens (tertiary/aromatic N) is 5. The van der Waals surface area contributed by atoms with Crippen molar-refractivity contribution in [2.24, 2.45) is 0 Å². The van der Waals surface area contributed by atoms with E-state index < -0.39 is 45.3 Å². The zero-order chi connectivity index (χ0) is 36.6. The average Bonchev–Trinajstić information content (AvgIpc) is 3.65. The molecule has 5 aromatic rings. The Morgan fingerprint density at radius 2 is 0.769 bits per heavy atom. The van der Waals surface area contributed by atoms with Crippen LogP contribution in [-0.4, -0.2) is 45.3 Å². The molecule has 16 heteroatoms. The van der Waals surface area contributed by atoms with Crippen molar-refractivity contribution in [3.05, 3.63) is 157 Å². The van der Waals surface area contributed by atoms with E-state index in [9.17, 15) is 49.0 Å². The van der Waals surface area contributed by atoms with Gasteiger partial charge in [-0.1, -0.05) is 12.1 Å². The van der Waals surface area contributed by atoms with Crippen LogP contribution in [0.1, 0.15) is 62.1 Å². The number of hydrogen-bond acceptors (Lipinski definition) is 11. The number of rotatable bonds is 7. The molecule has 0 bridgehead atoms. The quantitative estimate of drug-likeness (QED) is 0.115. The molecule has 16 nitrogen and oxygen atoms in total. The molecule has 0 aromatic heterocycles. The predicted molar refractivity (Wildman–Crippen MR) is 179 cm³/mol. The summed E-state index contributed by atoms with van der Waals surface area (Å²) in [5.41, 5.74) is -0.761. The van der Waals surface area contributed by atoms with Crippen molar-refractivity contribution in [1.29, 1.82) is 0 Å². The lowest BCUT2D eigenvalue weighted by molar-refractivity contribution is -0.385. The minimum absolute atomic E-state index is 0.00817. The fraction of sp³-hybridized carbons (Fsp3) is 0. The fourth-order valence-electron chi connectivity index (χ4n) is 6.27. The predicted octanol–water partition coefficient (Wildman–Crippen LogP) is 5.70. The van der Waals surface area contributed by atoms with Crippen LogP contribution in [0.25, 0.3) is 0 Å². The van der Waals surface area contributed by atoms with Gasteiger partial charge in [-0.2, -0.15) is 0 Å². The Kier molecular flexibility index (Phi) is 6.85. The number of fused-ring (bicyclic) bond motifs is 3. The molecule has 0 saturated heterocycles. The third-order valence-corrected chi connectivity index (χ3v) is 8.68. The van der Waals surface area contributed by atoms with Crippen molar-refractivity contribution >= 4 is 63.9 Å². The highest BCUT2D eigenvalue weighted by Crippen LogP contribution is 2.38. The summed E-state index contributed by atoms with van der Waals surface area (Å²) >= 11 is 0. The van der Waals surface area contributed by atoms with Crippen molar-refractivity contribution in [3.8, 4) is 11.5 Å². The number of nitro benzene ring substituents is 2. The van der Waals surface area contributed by atoms with Gasteiger partial charge in [0, 0.05) is 30.3 Å². The van der Waals surface area contributed by atoms with Crippen LogP contribution in [0.3, 0.4) is 0 Å². The Morgan fingerprint density at radius 1 is 0.404 bits per heavy atom. The van der Waals surface area contributed by atoms with Crippen molar-refractivity contribution in [3.63, 3.8) is 0 Å². The van der Waals surface area contributed by atoms with E-state index in [1.54, 1.807) is 0 Å². The van der Waals surface area contributed by atoms with Gasteiger partial charge in [0.2, 0.25) is 0 Å². The van der Waals surface area contributed by atoms with Gasteiger partial charge in [-0.05, 0) is 60.7 Å². The van der Waals surface area contributed by atoms with Crippen LogP contribution in [0, 0.1) is 20.2 Å². The highest BCUT2D eigenvalue weighted by molar-refractivity contribution is 6.37. The van der Waals surface area contributed by atoms with E-state index in [0.29, 0.717) is 0 Å². The maximum Gasteiger partial charge on any atom is 0.270 e. The zero-order valence-electron chi connectivity index (χ0n) is 26.0. The maximum atomic E-state index is 13.6. The molecule has 0 radical (unpaired) electrons. The largest absolute Gasteiger partial charge is 0.457 e. The molecule has 252 valence electrons. The first-order valence-electron chi connectivity index (χ1n) is 15.2. The lowest BCUT2D eigenvalue weighted by Crippen LogP contribution is -2.31. The monoisotopic (exact) mass is 695 g/mol.